The number of nitrogens with zero attached hydrogens (tertiary/aromatic N) is 2. The summed E-state index contributed by atoms with van der Waals surface area (Å²) in [5.41, 5.74) is 3.72. The van der Waals surface area contributed by atoms with E-state index >= 15 is 0 Å². The van der Waals surface area contributed by atoms with Crippen molar-refractivity contribution in [3.63, 3.8) is 0 Å². The van der Waals surface area contributed by atoms with E-state index in [9.17, 15) is 18.3 Å². The van der Waals surface area contributed by atoms with Crippen molar-refractivity contribution in [2.45, 2.75) is 55.1 Å². The number of fused-ring (bicyclic) bond motifs is 2. The Morgan fingerprint density at radius 1 is 0.974 bits per heavy atom. The number of rotatable bonds is 5. The van der Waals surface area contributed by atoms with Gasteiger partial charge in [-0.05, 0) is 42.9 Å². The quantitative estimate of drug-likeness (QED) is 0.599. The predicted octanol–water partition coefficient (Wildman–Crippen LogP) is 2.87. The highest BCUT2D eigenvalue weighted by Gasteiger charge is 2.56. The molecule has 2 N–H and O–H groups in total. The maximum atomic E-state index is 13.7. The molecule has 9 nitrogen and oxygen atoms in total. The molecule has 0 spiro atoms. The lowest BCUT2D eigenvalue weighted by molar-refractivity contribution is -0.143. The van der Waals surface area contributed by atoms with Crippen molar-refractivity contribution in [2.24, 2.45) is 11.8 Å². The maximum Gasteiger partial charge on any atom is 0.270 e. The van der Waals surface area contributed by atoms with E-state index in [1.807, 2.05) is 6.07 Å². The number of carbonyl (C=O) groups excluding carboxylic acids is 1. The summed E-state index contributed by atoms with van der Waals surface area (Å²) in [5, 5.41) is 12.4. The molecule has 6 rings (SSSR count). The highest BCUT2D eigenvalue weighted by Crippen LogP contribution is 2.46. The normalized spacial score (nSPS) is 27.1. The van der Waals surface area contributed by atoms with Gasteiger partial charge in [-0.15, -0.1) is 0 Å². The van der Waals surface area contributed by atoms with Crippen LogP contribution in [0.1, 0.15) is 50.2 Å². The van der Waals surface area contributed by atoms with Crippen LogP contribution < -0.4 is 14.9 Å². The van der Waals surface area contributed by atoms with Crippen molar-refractivity contribution in [3.8, 4) is 11.5 Å². The van der Waals surface area contributed by atoms with Gasteiger partial charge in [0.25, 0.3) is 5.91 Å². The van der Waals surface area contributed by atoms with E-state index in [1.165, 1.54) is 6.42 Å². The van der Waals surface area contributed by atoms with E-state index in [-0.39, 0.29) is 16.4 Å². The molecule has 204 valence electrons. The van der Waals surface area contributed by atoms with E-state index in [4.69, 9.17) is 9.47 Å². The van der Waals surface area contributed by atoms with E-state index in [1.54, 1.807) is 51.8 Å². The van der Waals surface area contributed by atoms with Crippen molar-refractivity contribution >= 4 is 15.9 Å². The summed E-state index contributed by atoms with van der Waals surface area (Å²) in [7, 11) is -3.77. The van der Waals surface area contributed by atoms with Crippen LogP contribution in [0.4, 0.5) is 0 Å². The smallest absolute Gasteiger partial charge is 0.270 e. The third-order valence-corrected chi connectivity index (χ3v) is 10.6. The molecule has 3 aliphatic heterocycles. The van der Waals surface area contributed by atoms with Gasteiger partial charge < -0.3 is 14.6 Å². The predicted molar refractivity (Wildman–Crippen MR) is 140 cm³/mol. The number of hydrazine groups is 1. The maximum absolute atomic E-state index is 13.7. The third kappa shape index (κ3) is 4.47. The van der Waals surface area contributed by atoms with Crippen LogP contribution in [0.2, 0.25) is 0 Å². The number of aliphatic hydroxyl groups excluding tert-OH is 1. The van der Waals surface area contributed by atoms with Crippen LogP contribution in [-0.2, 0) is 14.8 Å². The Balaban J connectivity index is 1.26. The highest BCUT2D eigenvalue weighted by molar-refractivity contribution is 7.89. The fourth-order valence-corrected chi connectivity index (χ4v) is 8.27. The number of hydrogen-bond donors (Lipinski definition) is 2. The average Bonchev–Trinajstić information content (AvgIpc) is 3.37. The van der Waals surface area contributed by atoms with E-state index in [0.717, 1.165) is 25.7 Å². The molecule has 2 aromatic carbocycles. The fourth-order valence-electron chi connectivity index (χ4n) is 6.77. The molecule has 1 saturated carbocycles. The molecule has 2 saturated heterocycles. The van der Waals surface area contributed by atoms with E-state index in [2.05, 4.69) is 5.43 Å². The van der Waals surface area contributed by atoms with Crippen LogP contribution >= 0.6 is 0 Å². The number of carbonyl (C=O) groups is 1. The molecule has 1 amide bonds. The summed E-state index contributed by atoms with van der Waals surface area (Å²) >= 11 is 0. The summed E-state index contributed by atoms with van der Waals surface area (Å²) in [6.07, 6.45) is 4.93. The van der Waals surface area contributed by atoms with Crippen LogP contribution in [0.25, 0.3) is 0 Å². The number of amides is 1. The molecule has 38 heavy (non-hydrogen) atoms. The van der Waals surface area contributed by atoms with Crippen LogP contribution in [0, 0.1) is 11.8 Å². The van der Waals surface area contributed by atoms with E-state index in [0.29, 0.717) is 62.2 Å². The summed E-state index contributed by atoms with van der Waals surface area (Å²) in [6, 6.07) is 13.7. The first-order valence-corrected chi connectivity index (χ1v) is 15.0. The number of ether oxygens (including phenoxy) is 2. The minimum Gasteiger partial charge on any atom is -0.486 e. The molecule has 0 bridgehead atoms. The summed E-state index contributed by atoms with van der Waals surface area (Å²) in [6.45, 7) is 1.85. The lowest BCUT2D eigenvalue weighted by atomic mass is 9.66. The van der Waals surface area contributed by atoms with Crippen molar-refractivity contribution in [1.29, 1.82) is 0 Å². The van der Waals surface area contributed by atoms with Gasteiger partial charge in [-0.25, -0.2) is 13.8 Å². The average molecular weight is 542 g/mol. The largest absolute Gasteiger partial charge is 0.486 e. The molecule has 3 heterocycles. The lowest BCUT2D eigenvalue weighted by Crippen LogP contribution is -2.61. The monoisotopic (exact) mass is 541 g/mol. The number of piperidine rings is 1. The zero-order valence-electron chi connectivity index (χ0n) is 21.4. The van der Waals surface area contributed by atoms with Crippen molar-refractivity contribution in [2.75, 3.05) is 32.8 Å². The molecule has 10 heteroatoms. The van der Waals surface area contributed by atoms with Crippen molar-refractivity contribution in [1.82, 2.24) is 14.7 Å². The van der Waals surface area contributed by atoms with Crippen LogP contribution in [0.3, 0.4) is 0 Å². The Bertz CT molecular complexity index is 1280. The van der Waals surface area contributed by atoms with Crippen LogP contribution in [0.5, 0.6) is 11.5 Å². The van der Waals surface area contributed by atoms with Crippen LogP contribution in [0.15, 0.2) is 53.4 Å². The Morgan fingerprint density at radius 3 is 2.47 bits per heavy atom. The van der Waals surface area contributed by atoms with E-state index < -0.39 is 22.0 Å². The van der Waals surface area contributed by atoms with Crippen LogP contribution in [-0.4, -0.2) is 67.1 Å². The first-order chi connectivity index (χ1) is 18.4. The number of nitrogens with one attached hydrogen (secondary N) is 1. The van der Waals surface area contributed by atoms with Gasteiger partial charge in [-0.3, -0.25) is 9.80 Å². The molecular formula is C28H35N3O6S. The van der Waals surface area contributed by atoms with Gasteiger partial charge in [0.15, 0.2) is 17.6 Å². The lowest BCUT2D eigenvalue weighted by Gasteiger charge is -2.48. The first-order valence-electron chi connectivity index (χ1n) is 13.6. The number of benzene rings is 2. The minimum absolute atomic E-state index is 0.0849. The van der Waals surface area contributed by atoms with Gasteiger partial charge in [0.1, 0.15) is 13.2 Å². The van der Waals surface area contributed by atoms with Gasteiger partial charge in [0.2, 0.25) is 10.0 Å². The molecule has 3 atom stereocenters. The third-order valence-electron chi connectivity index (χ3n) is 8.77. The highest BCUT2D eigenvalue weighted by atomic mass is 32.2. The Kier molecular flexibility index (Phi) is 6.84. The second-order valence-electron chi connectivity index (χ2n) is 10.9. The molecule has 3 fully saturated rings. The summed E-state index contributed by atoms with van der Waals surface area (Å²) in [5.74, 6) is 0.865. The van der Waals surface area contributed by atoms with Gasteiger partial charge >= 0.3 is 0 Å². The van der Waals surface area contributed by atoms with Gasteiger partial charge in [-0.1, -0.05) is 49.6 Å². The molecule has 0 radical (unpaired) electrons. The topological polar surface area (TPSA) is 108 Å². The Morgan fingerprint density at radius 2 is 1.71 bits per heavy atom. The zero-order chi connectivity index (χ0) is 26.3. The Labute approximate surface area is 223 Å². The molecule has 4 aliphatic rings. The fraction of sp³-hybridized carbons (Fsp3) is 0.536. The Hall–Kier alpha value is -2.66. The van der Waals surface area contributed by atoms with Crippen molar-refractivity contribution < 1.29 is 27.8 Å². The SMILES string of the molecule is O=C([C@@H](O)c1ccccc1)N1CC2CN(S(=O)(=O)c3ccc4c(c3)OCCO4)CCC2(C2CCCCC2)N1. The number of hydrogen-bond acceptors (Lipinski definition) is 7. The first kappa shape index (κ1) is 25.6. The minimum atomic E-state index is -3.77. The summed E-state index contributed by atoms with van der Waals surface area (Å²) < 4.78 is 40.2. The molecule has 0 aromatic heterocycles. The molecular weight excluding hydrogens is 506 g/mol. The molecule has 2 unspecified atom stereocenters. The zero-order valence-corrected chi connectivity index (χ0v) is 22.2. The van der Waals surface area contributed by atoms with Gasteiger partial charge in [0.05, 0.1) is 4.90 Å². The standard InChI is InChI=1S/C28H35N3O6S/c32-26(20-7-3-1-4-8-20)27(33)31-19-22-18-30(14-13-28(22,29-31)21-9-5-2-6-10-21)38(34,35)23-11-12-24-25(17-23)37-16-15-36-24/h1,3-4,7-8,11-12,17,21-22,26,29,32H,2,5-6,9-10,13-16,18-19H2/t22?,26-,28?/m0/s1. The number of sulfonamides is 1. The molecule has 1 aliphatic carbocycles. The van der Waals surface area contributed by atoms with Gasteiger partial charge in [0, 0.05) is 37.2 Å². The molecule has 2 aromatic rings. The van der Waals surface area contributed by atoms with Gasteiger partial charge in [-0.2, -0.15) is 4.31 Å². The number of aliphatic hydroxyl groups is 1. The summed E-state index contributed by atoms with van der Waals surface area (Å²) in [4.78, 5) is 13.6. The second-order valence-corrected chi connectivity index (χ2v) is 12.8. The second kappa shape index (κ2) is 10.1. The van der Waals surface area contributed by atoms with Crippen molar-refractivity contribution in [3.05, 3.63) is 54.1 Å².